The van der Waals surface area contributed by atoms with Crippen LogP contribution in [-0.4, -0.2) is 15.0 Å². The van der Waals surface area contributed by atoms with Crippen molar-refractivity contribution >= 4 is 63.8 Å². The maximum absolute atomic E-state index is 5.15. The molecule has 49 heavy (non-hydrogen) atoms. The van der Waals surface area contributed by atoms with Crippen LogP contribution in [0.25, 0.3) is 97.8 Å². The van der Waals surface area contributed by atoms with E-state index in [-0.39, 0.29) is 0 Å². The first-order valence-electron chi connectivity index (χ1n) is 16.4. The molecule has 3 nitrogen and oxygen atoms in total. The molecule has 0 aliphatic carbocycles. The lowest BCUT2D eigenvalue weighted by atomic mass is 9.93. The Kier molecular flexibility index (Phi) is 6.36. The van der Waals surface area contributed by atoms with Gasteiger partial charge in [0.2, 0.25) is 0 Å². The van der Waals surface area contributed by atoms with E-state index in [2.05, 4.69) is 146 Å². The van der Waals surface area contributed by atoms with E-state index in [0.29, 0.717) is 17.5 Å². The third-order valence-electron chi connectivity index (χ3n) is 9.51. The minimum Gasteiger partial charge on any atom is -0.208 e. The van der Waals surface area contributed by atoms with Gasteiger partial charge in [-0.15, -0.1) is 11.3 Å². The molecule has 2 heterocycles. The minimum atomic E-state index is 0.659. The highest BCUT2D eigenvalue weighted by atomic mass is 32.1. The van der Waals surface area contributed by atoms with Gasteiger partial charge in [0.1, 0.15) is 0 Å². The van der Waals surface area contributed by atoms with Crippen LogP contribution in [0.15, 0.2) is 164 Å². The maximum Gasteiger partial charge on any atom is 0.164 e. The summed E-state index contributed by atoms with van der Waals surface area (Å²) in [5, 5.41) is 9.91. The third-order valence-corrected chi connectivity index (χ3v) is 10.6. The van der Waals surface area contributed by atoms with E-state index in [1.54, 1.807) is 0 Å². The lowest BCUT2D eigenvalue weighted by molar-refractivity contribution is 1.08. The number of hydrogen-bond donors (Lipinski definition) is 0. The summed E-state index contributed by atoms with van der Waals surface area (Å²) >= 11 is 1.81. The third kappa shape index (κ3) is 4.68. The number of benzene rings is 8. The van der Waals surface area contributed by atoms with Crippen LogP contribution in [0.5, 0.6) is 0 Å². The standard InChI is InChI=1S/C45H27N3S/c1-3-11-28(12-4-1)30-21-24-41-40(25-30)38-23-20-32(27-42(38)49-41)45-47-43(29-13-5-2-6-14-29)46-44(48-45)31-19-22-37-35-17-8-7-15-33(35)34-16-9-10-18-36(34)39(37)26-31/h1-27H. The van der Waals surface area contributed by atoms with Gasteiger partial charge in [0.15, 0.2) is 17.5 Å². The van der Waals surface area contributed by atoms with Crippen molar-refractivity contribution in [3.63, 3.8) is 0 Å². The molecule has 0 spiro atoms. The topological polar surface area (TPSA) is 38.7 Å². The molecule has 0 unspecified atom stereocenters. The molecule has 10 aromatic rings. The number of aromatic nitrogens is 3. The summed E-state index contributed by atoms with van der Waals surface area (Å²) in [6, 6.07) is 58.1. The Morgan fingerprint density at radius 2 is 0.714 bits per heavy atom. The fourth-order valence-corrected chi connectivity index (χ4v) is 8.25. The predicted molar refractivity (Wildman–Crippen MR) is 207 cm³/mol. The van der Waals surface area contributed by atoms with Crippen LogP contribution in [0.1, 0.15) is 0 Å². The molecule has 10 rings (SSSR count). The zero-order chi connectivity index (χ0) is 32.3. The average molecular weight is 642 g/mol. The molecule has 8 aromatic carbocycles. The fraction of sp³-hybridized carbons (Fsp3) is 0. The van der Waals surface area contributed by atoms with Gasteiger partial charge >= 0.3 is 0 Å². The van der Waals surface area contributed by atoms with Gasteiger partial charge in [-0.05, 0) is 67.7 Å². The molecule has 0 aliphatic rings. The van der Waals surface area contributed by atoms with Crippen molar-refractivity contribution in [3.05, 3.63) is 164 Å². The Balaban J connectivity index is 1.15. The van der Waals surface area contributed by atoms with Crippen molar-refractivity contribution in [3.8, 4) is 45.3 Å². The first-order chi connectivity index (χ1) is 24.3. The van der Waals surface area contributed by atoms with E-state index in [4.69, 9.17) is 15.0 Å². The second kappa shape index (κ2) is 11.2. The molecule has 0 fully saturated rings. The summed E-state index contributed by atoms with van der Waals surface area (Å²) in [7, 11) is 0. The Morgan fingerprint density at radius 3 is 1.35 bits per heavy atom. The first kappa shape index (κ1) is 27.8. The Labute approximate surface area is 286 Å². The van der Waals surface area contributed by atoms with Gasteiger partial charge < -0.3 is 0 Å². The first-order valence-corrected chi connectivity index (χ1v) is 17.3. The normalized spacial score (nSPS) is 11.7. The largest absolute Gasteiger partial charge is 0.208 e. The highest BCUT2D eigenvalue weighted by Gasteiger charge is 2.16. The molecular weight excluding hydrogens is 615 g/mol. The summed E-state index contributed by atoms with van der Waals surface area (Å²) in [6.45, 7) is 0. The van der Waals surface area contributed by atoms with Crippen LogP contribution in [0.4, 0.5) is 0 Å². The van der Waals surface area contributed by atoms with Crippen LogP contribution in [0.3, 0.4) is 0 Å². The van der Waals surface area contributed by atoms with E-state index in [1.807, 2.05) is 29.5 Å². The molecule has 0 saturated heterocycles. The predicted octanol–water partition coefficient (Wildman–Crippen LogP) is 12.4. The van der Waals surface area contributed by atoms with Crippen molar-refractivity contribution in [1.29, 1.82) is 0 Å². The Bertz CT molecular complexity index is 2840. The van der Waals surface area contributed by atoms with Crippen LogP contribution in [0.2, 0.25) is 0 Å². The van der Waals surface area contributed by atoms with Crippen molar-refractivity contribution in [2.24, 2.45) is 0 Å². The number of fused-ring (bicyclic) bond motifs is 9. The average Bonchev–Trinajstić information content (AvgIpc) is 3.55. The molecule has 0 radical (unpaired) electrons. The van der Waals surface area contributed by atoms with Crippen LogP contribution < -0.4 is 0 Å². The number of hydrogen-bond acceptors (Lipinski definition) is 4. The van der Waals surface area contributed by atoms with Gasteiger partial charge in [0.05, 0.1) is 0 Å². The molecule has 0 aliphatic heterocycles. The molecular formula is C45H27N3S. The monoisotopic (exact) mass is 641 g/mol. The smallest absolute Gasteiger partial charge is 0.164 e. The summed E-state index contributed by atoms with van der Waals surface area (Å²) in [4.78, 5) is 15.3. The summed E-state index contributed by atoms with van der Waals surface area (Å²) in [5.41, 5.74) is 5.34. The molecule has 0 N–H and O–H groups in total. The Morgan fingerprint density at radius 1 is 0.265 bits per heavy atom. The van der Waals surface area contributed by atoms with Crippen LogP contribution in [-0.2, 0) is 0 Å². The van der Waals surface area contributed by atoms with Gasteiger partial charge in [-0.25, -0.2) is 15.0 Å². The highest BCUT2D eigenvalue weighted by Crippen LogP contribution is 2.40. The van der Waals surface area contributed by atoms with Crippen molar-refractivity contribution < 1.29 is 0 Å². The molecule has 4 heteroatoms. The Hall–Kier alpha value is -6.23. The fourth-order valence-electron chi connectivity index (χ4n) is 7.12. The molecule has 0 atom stereocenters. The zero-order valence-electron chi connectivity index (χ0n) is 26.3. The summed E-state index contributed by atoms with van der Waals surface area (Å²) in [5.74, 6) is 1.98. The highest BCUT2D eigenvalue weighted by molar-refractivity contribution is 7.25. The molecule has 0 bridgehead atoms. The van der Waals surface area contributed by atoms with Gasteiger partial charge in [-0.2, -0.15) is 0 Å². The van der Waals surface area contributed by atoms with Crippen LogP contribution >= 0.6 is 11.3 Å². The van der Waals surface area contributed by atoms with E-state index in [1.165, 1.54) is 63.6 Å². The van der Waals surface area contributed by atoms with Crippen molar-refractivity contribution in [1.82, 2.24) is 15.0 Å². The van der Waals surface area contributed by atoms with Gasteiger partial charge in [0, 0.05) is 36.9 Å². The second-order valence-corrected chi connectivity index (χ2v) is 13.5. The van der Waals surface area contributed by atoms with Gasteiger partial charge in [-0.3, -0.25) is 0 Å². The minimum absolute atomic E-state index is 0.659. The zero-order valence-corrected chi connectivity index (χ0v) is 27.2. The molecule has 0 saturated carbocycles. The van der Waals surface area contributed by atoms with E-state index < -0.39 is 0 Å². The lowest BCUT2D eigenvalue weighted by Crippen LogP contribution is -2.00. The molecule has 0 amide bonds. The summed E-state index contributed by atoms with van der Waals surface area (Å²) in [6.07, 6.45) is 0. The quantitative estimate of drug-likeness (QED) is 0.180. The summed E-state index contributed by atoms with van der Waals surface area (Å²) < 4.78 is 2.48. The maximum atomic E-state index is 5.15. The van der Waals surface area contributed by atoms with E-state index in [0.717, 1.165) is 16.7 Å². The number of rotatable bonds is 4. The van der Waals surface area contributed by atoms with Crippen molar-refractivity contribution in [2.75, 3.05) is 0 Å². The SMILES string of the molecule is c1ccc(-c2ccc3sc4cc(-c5nc(-c6ccccc6)nc(-c6ccc7c8ccccc8c8ccccc8c7c6)n5)ccc4c3c2)cc1. The van der Waals surface area contributed by atoms with Crippen LogP contribution in [0, 0.1) is 0 Å². The van der Waals surface area contributed by atoms with Crippen molar-refractivity contribution in [2.45, 2.75) is 0 Å². The van der Waals surface area contributed by atoms with E-state index in [9.17, 15) is 0 Å². The molecule has 228 valence electrons. The van der Waals surface area contributed by atoms with Gasteiger partial charge in [-0.1, -0.05) is 140 Å². The number of thiophene rings is 1. The lowest BCUT2D eigenvalue weighted by Gasteiger charge is -2.12. The molecule has 2 aromatic heterocycles. The van der Waals surface area contributed by atoms with E-state index >= 15 is 0 Å². The van der Waals surface area contributed by atoms with Gasteiger partial charge in [0.25, 0.3) is 0 Å². The second-order valence-electron chi connectivity index (χ2n) is 12.4. The number of nitrogens with zero attached hydrogens (tertiary/aromatic N) is 3.